The summed E-state index contributed by atoms with van der Waals surface area (Å²) in [6, 6.07) is 8.11. The smallest absolute Gasteiger partial charge is 0.305 e. The summed E-state index contributed by atoms with van der Waals surface area (Å²) >= 11 is 0. The number of hydrogen-bond acceptors (Lipinski definition) is 5. The molecule has 0 aliphatic heterocycles. The number of hydrogen-bond donors (Lipinski definition) is 2. The Hall–Kier alpha value is -3.42. The Morgan fingerprint density at radius 3 is 2.54 bits per heavy atom. The number of carboxylic acids is 1. The Labute approximate surface area is 162 Å². The molecule has 2 aromatic heterocycles. The Balaban J connectivity index is 1.84. The van der Waals surface area contributed by atoms with Gasteiger partial charge in [0, 0.05) is 17.6 Å². The van der Waals surface area contributed by atoms with Crippen LogP contribution in [0.4, 0.5) is 0 Å². The zero-order chi connectivity index (χ0) is 20.3. The molecule has 0 saturated carbocycles. The number of benzene rings is 1. The van der Waals surface area contributed by atoms with Crippen molar-refractivity contribution in [2.75, 3.05) is 7.11 Å². The highest BCUT2D eigenvalue weighted by Gasteiger charge is 2.20. The van der Waals surface area contributed by atoms with E-state index < -0.39 is 17.9 Å². The predicted octanol–water partition coefficient (Wildman–Crippen LogP) is 2.97. The molecule has 8 heteroatoms. The van der Waals surface area contributed by atoms with E-state index in [9.17, 15) is 14.7 Å². The summed E-state index contributed by atoms with van der Waals surface area (Å²) in [5.74, 6) is -0.748. The lowest BCUT2D eigenvalue weighted by Crippen LogP contribution is -2.30. The van der Waals surface area contributed by atoms with Crippen molar-refractivity contribution in [1.82, 2.24) is 20.1 Å². The number of rotatable bonds is 7. The van der Waals surface area contributed by atoms with Crippen LogP contribution in [0, 0.1) is 0 Å². The Morgan fingerprint density at radius 1 is 1.21 bits per heavy atom. The average molecular weight is 382 g/mol. The zero-order valence-corrected chi connectivity index (χ0v) is 15.9. The van der Waals surface area contributed by atoms with E-state index in [1.165, 1.54) is 6.20 Å². The van der Waals surface area contributed by atoms with Crippen molar-refractivity contribution in [2.45, 2.75) is 32.4 Å². The monoisotopic (exact) mass is 382 g/mol. The molecule has 0 radical (unpaired) electrons. The van der Waals surface area contributed by atoms with Gasteiger partial charge in [-0.1, -0.05) is 12.1 Å². The van der Waals surface area contributed by atoms with Gasteiger partial charge >= 0.3 is 5.97 Å². The second kappa shape index (κ2) is 8.08. The number of carbonyl (C=O) groups excluding carboxylic acids is 1. The second-order valence-electron chi connectivity index (χ2n) is 6.72. The van der Waals surface area contributed by atoms with Gasteiger partial charge in [-0.2, -0.15) is 5.10 Å². The van der Waals surface area contributed by atoms with Crippen molar-refractivity contribution in [3.63, 3.8) is 0 Å². The van der Waals surface area contributed by atoms with Gasteiger partial charge in [0.25, 0.3) is 5.91 Å². The number of methoxy groups -OCH3 is 1. The molecule has 2 heterocycles. The number of aromatic nitrogens is 3. The fourth-order valence-electron chi connectivity index (χ4n) is 2.95. The number of nitrogens with zero attached hydrogens (tertiary/aromatic N) is 3. The molecule has 0 bridgehead atoms. The van der Waals surface area contributed by atoms with Gasteiger partial charge in [-0.15, -0.1) is 0 Å². The second-order valence-corrected chi connectivity index (χ2v) is 6.72. The lowest BCUT2D eigenvalue weighted by Gasteiger charge is -2.18. The van der Waals surface area contributed by atoms with Crippen LogP contribution in [0.15, 0.2) is 42.7 Å². The number of carbonyl (C=O) groups is 2. The summed E-state index contributed by atoms with van der Waals surface area (Å²) in [5.41, 5.74) is 1.72. The van der Waals surface area contributed by atoms with E-state index >= 15 is 0 Å². The summed E-state index contributed by atoms with van der Waals surface area (Å²) in [6.07, 6.45) is 2.90. The minimum Gasteiger partial charge on any atom is -0.497 e. The molecule has 0 fully saturated rings. The lowest BCUT2D eigenvalue weighted by molar-refractivity contribution is -0.137. The highest BCUT2D eigenvalue weighted by molar-refractivity contribution is 5.97. The third-order valence-electron chi connectivity index (χ3n) is 4.39. The van der Waals surface area contributed by atoms with Crippen LogP contribution in [-0.4, -0.2) is 38.9 Å². The summed E-state index contributed by atoms with van der Waals surface area (Å²) in [6.45, 7) is 4.00. The summed E-state index contributed by atoms with van der Waals surface area (Å²) in [7, 11) is 1.55. The van der Waals surface area contributed by atoms with Crippen LogP contribution in [0.25, 0.3) is 11.0 Å². The number of ether oxygens (including phenoxy) is 1. The molecule has 1 amide bonds. The minimum atomic E-state index is -1.01. The maximum atomic E-state index is 12.7. The first-order valence-corrected chi connectivity index (χ1v) is 8.89. The van der Waals surface area contributed by atoms with Crippen LogP contribution < -0.4 is 10.1 Å². The van der Waals surface area contributed by atoms with Gasteiger partial charge in [-0.3, -0.25) is 9.59 Å². The highest BCUT2D eigenvalue weighted by atomic mass is 16.5. The number of aliphatic carboxylic acids is 1. The average Bonchev–Trinajstić information content (AvgIpc) is 3.10. The van der Waals surface area contributed by atoms with Gasteiger partial charge in [0.15, 0.2) is 5.65 Å². The van der Waals surface area contributed by atoms with Crippen molar-refractivity contribution in [3.8, 4) is 5.75 Å². The third-order valence-corrected chi connectivity index (χ3v) is 4.39. The number of fused-ring (bicyclic) bond motifs is 1. The van der Waals surface area contributed by atoms with E-state index in [4.69, 9.17) is 4.74 Å². The molecular formula is C20H22N4O4. The maximum absolute atomic E-state index is 12.7. The van der Waals surface area contributed by atoms with Crippen molar-refractivity contribution in [2.24, 2.45) is 0 Å². The van der Waals surface area contributed by atoms with Crippen molar-refractivity contribution in [1.29, 1.82) is 0 Å². The molecule has 28 heavy (non-hydrogen) atoms. The van der Waals surface area contributed by atoms with E-state index in [2.05, 4.69) is 15.4 Å². The first-order valence-electron chi connectivity index (χ1n) is 8.89. The van der Waals surface area contributed by atoms with Gasteiger partial charge in [0.2, 0.25) is 0 Å². The van der Waals surface area contributed by atoms with Crippen molar-refractivity contribution < 1.29 is 19.4 Å². The normalized spacial score (nSPS) is 12.1. The molecule has 1 atom stereocenters. The van der Waals surface area contributed by atoms with Crippen LogP contribution in [0.5, 0.6) is 5.75 Å². The quantitative estimate of drug-likeness (QED) is 0.651. The fourth-order valence-corrected chi connectivity index (χ4v) is 2.95. The van der Waals surface area contributed by atoms with Gasteiger partial charge in [-0.25, -0.2) is 9.67 Å². The summed E-state index contributed by atoms with van der Waals surface area (Å²) in [4.78, 5) is 28.3. The molecule has 0 aliphatic rings. The first-order chi connectivity index (χ1) is 13.4. The highest BCUT2D eigenvalue weighted by Crippen LogP contribution is 2.22. The van der Waals surface area contributed by atoms with Crippen LogP contribution >= 0.6 is 0 Å². The minimum absolute atomic E-state index is 0.152. The Kier molecular flexibility index (Phi) is 5.58. The fraction of sp³-hybridized carbons (Fsp3) is 0.300. The van der Waals surface area contributed by atoms with E-state index in [0.717, 1.165) is 5.39 Å². The Bertz CT molecular complexity index is 995. The van der Waals surface area contributed by atoms with Crippen LogP contribution in [-0.2, 0) is 4.79 Å². The lowest BCUT2D eigenvalue weighted by atomic mass is 10.0. The number of nitrogens with one attached hydrogen (secondary N) is 1. The predicted molar refractivity (Wildman–Crippen MR) is 103 cm³/mol. The molecule has 2 N–H and O–H groups in total. The zero-order valence-electron chi connectivity index (χ0n) is 15.9. The number of pyridine rings is 1. The molecule has 0 aliphatic carbocycles. The van der Waals surface area contributed by atoms with Gasteiger partial charge in [-0.05, 0) is 37.6 Å². The molecule has 3 rings (SSSR count). The van der Waals surface area contributed by atoms with Crippen LogP contribution in [0.1, 0.15) is 48.3 Å². The topological polar surface area (TPSA) is 106 Å². The molecule has 8 nitrogen and oxygen atoms in total. The van der Waals surface area contributed by atoms with E-state index in [0.29, 0.717) is 22.5 Å². The molecule has 1 aromatic carbocycles. The van der Waals surface area contributed by atoms with Gasteiger partial charge in [0.05, 0.1) is 31.3 Å². The van der Waals surface area contributed by atoms with E-state index in [1.54, 1.807) is 48.3 Å². The van der Waals surface area contributed by atoms with Gasteiger partial charge < -0.3 is 15.2 Å². The largest absolute Gasteiger partial charge is 0.497 e. The SMILES string of the molecule is COc1ccc([C@@H](CC(=O)O)NC(=O)c2cnc3c(cnn3C(C)C)c2)cc1. The van der Waals surface area contributed by atoms with Crippen LogP contribution in [0.3, 0.4) is 0 Å². The Morgan fingerprint density at radius 2 is 1.93 bits per heavy atom. The molecule has 3 aromatic rings. The first kappa shape index (κ1) is 19.3. The summed E-state index contributed by atoms with van der Waals surface area (Å²) in [5, 5.41) is 17.1. The van der Waals surface area contributed by atoms with E-state index in [-0.39, 0.29) is 12.5 Å². The molecule has 146 valence electrons. The molecular weight excluding hydrogens is 360 g/mol. The maximum Gasteiger partial charge on any atom is 0.305 e. The summed E-state index contributed by atoms with van der Waals surface area (Å²) < 4.78 is 6.90. The van der Waals surface area contributed by atoms with Crippen molar-refractivity contribution >= 4 is 22.9 Å². The molecule has 0 saturated heterocycles. The molecule has 0 spiro atoms. The van der Waals surface area contributed by atoms with Crippen LogP contribution in [0.2, 0.25) is 0 Å². The van der Waals surface area contributed by atoms with Gasteiger partial charge in [0.1, 0.15) is 5.75 Å². The number of amides is 1. The number of carboxylic acid groups (broad SMARTS) is 1. The standard InChI is InChI=1S/C20H22N4O4/c1-12(2)24-19-14(11-22-24)8-15(10-21-19)20(27)23-17(9-18(25)26)13-4-6-16(28-3)7-5-13/h4-8,10-12,17H,9H2,1-3H3,(H,23,27)(H,25,26)/t17-/m1/s1. The van der Waals surface area contributed by atoms with Crippen molar-refractivity contribution in [3.05, 3.63) is 53.9 Å². The molecule has 0 unspecified atom stereocenters. The van der Waals surface area contributed by atoms with E-state index in [1.807, 2.05) is 13.8 Å². The third kappa shape index (κ3) is 4.11.